The van der Waals surface area contributed by atoms with E-state index in [0.29, 0.717) is 18.5 Å². The Morgan fingerprint density at radius 2 is 1.89 bits per heavy atom. The van der Waals surface area contributed by atoms with Crippen molar-refractivity contribution in [2.45, 2.75) is 25.7 Å². The second-order valence-corrected chi connectivity index (χ2v) is 3.92. The Bertz CT molecular complexity index is 370. The van der Waals surface area contributed by atoms with Crippen LogP contribution in [0.3, 0.4) is 0 Å². The molecule has 5 heteroatoms. The molecule has 0 aliphatic carbocycles. The molecule has 0 saturated heterocycles. The van der Waals surface area contributed by atoms with E-state index in [0.717, 1.165) is 6.07 Å². The summed E-state index contributed by atoms with van der Waals surface area (Å²) in [5.41, 5.74) is 0.306. The highest BCUT2D eigenvalue weighted by atomic mass is 19.2. The molecule has 0 aliphatic heterocycles. The third-order valence-electron chi connectivity index (χ3n) is 2.73. The highest BCUT2D eigenvalue weighted by Gasteiger charge is 2.22. The Hall–Kier alpha value is -1.04. The van der Waals surface area contributed by atoms with Crippen molar-refractivity contribution in [3.05, 3.63) is 35.4 Å². The summed E-state index contributed by atoms with van der Waals surface area (Å²) >= 11 is 0. The van der Waals surface area contributed by atoms with Gasteiger partial charge in [-0.15, -0.1) is 0 Å². The van der Waals surface area contributed by atoms with Crippen LogP contribution in [0.1, 0.15) is 12.5 Å². The van der Waals surface area contributed by atoms with Crippen LogP contribution in [0.5, 0.6) is 0 Å². The van der Waals surface area contributed by atoms with Crippen LogP contribution in [-0.2, 0) is 15.9 Å². The zero-order valence-corrected chi connectivity index (χ0v) is 10.9. The van der Waals surface area contributed by atoms with Crippen LogP contribution >= 0.6 is 0 Å². The molecule has 18 heavy (non-hydrogen) atoms. The van der Waals surface area contributed by atoms with Crippen molar-refractivity contribution in [1.82, 2.24) is 5.32 Å². The van der Waals surface area contributed by atoms with Gasteiger partial charge in [-0.05, 0) is 24.6 Å². The van der Waals surface area contributed by atoms with Crippen molar-refractivity contribution >= 4 is 0 Å². The topological polar surface area (TPSA) is 30.5 Å². The standard InChI is InChI=1S/C13H19F2NO2/c1-4-16-11(13(17-2)18-3)8-9-6-5-7-10(14)12(9)15/h5-7,11,13,16H,4,8H2,1-3H3. The molecule has 0 radical (unpaired) electrons. The lowest BCUT2D eigenvalue weighted by molar-refractivity contribution is -0.122. The van der Waals surface area contributed by atoms with Gasteiger partial charge in [-0.25, -0.2) is 8.78 Å². The van der Waals surface area contributed by atoms with Crippen molar-refractivity contribution in [1.29, 1.82) is 0 Å². The highest BCUT2D eigenvalue weighted by Crippen LogP contribution is 2.15. The number of methoxy groups -OCH3 is 2. The fourth-order valence-corrected chi connectivity index (χ4v) is 1.89. The van der Waals surface area contributed by atoms with Gasteiger partial charge in [-0.1, -0.05) is 19.1 Å². The number of likely N-dealkylation sites (N-methyl/N-ethyl adjacent to an activating group) is 1. The molecule has 1 rings (SSSR count). The molecule has 1 aromatic rings. The fourth-order valence-electron chi connectivity index (χ4n) is 1.89. The van der Waals surface area contributed by atoms with Crippen molar-refractivity contribution in [3.63, 3.8) is 0 Å². The number of rotatable bonds is 7. The number of benzene rings is 1. The minimum absolute atomic E-state index is 0.235. The predicted molar refractivity (Wildman–Crippen MR) is 65.3 cm³/mol. The van der Waals surface area contributed by atoms with Gasteiger partial charge in [0, 0.05) is 14.2 Å². The third-order valence-corrected chi connectivity index (χ3v) is 2.73. The fraction of sp³-hybridized carbons (Fsp3) is 0.538. The van der Waals surface area contributed by atoms with Crippen LogP contribution in [0, 0.1) is 11.6 Å². The van der Waals surface area contributed by atoms with Gasteiger partial charge < -0.3 is 14.8 Å². The largest absolute Gasteiger partial charge is 0.354 e. The van der Waals surface area contributed by atoms with E-state index in [4.69, 9.17) is 9.47 Å². The predicted octanol–water partition coefficient (Wildman–Crippen LogP) is 2.10. The van der Waals surface area contributed by atoms with Gasteiger partial charge in [0.2, 0.25) is 0 Å². The molecule has 0 aromatic heterocycles. The van der Waals surface area contributed by atoms with E-state index < -0.39 is 17.9 Å². The van der Waals surface area contributed by atoms with Gasteiger partial charge in [0.05, 0.1) is 6.04 Å². The lowest BCUT2D eigenvalue weighted by Crippen LogP contribution is -2.43. The first-order valence-corrected chi connectivity index (χ1v) is 5.85. The zero-order chi connectivity index (χ0) is 13.5. The van der Waals surface area contributed by atoms with E-state index >= 15 is 0 Å². The smallest absolute Gasteiger partial charge is 0.172 e. The molecule has 0 spiro atoms. The lowest BCUT2D eigenvalue weighted by atomic mass is 10.0. The molecule has 3 nitrogen and oxygen atoms in total. The van der Waals surface area contributed by atoms with Crippen molar-refractivity contribution in [2.24, 2.45) is 0 Å². The van der Waals surface area contributed by atoms with E-state index in [1.165, 1.54) is 20.3 Å². The average molecular weight is 259 g/mol. The van der Waals surface area contributed by atoms with E-state index in [9.17, 15) is 8.78 Å². The maximum Gasteiger partial charge on any atom is 0.172 e. The van der Waals surface area contributed by atoms with E-state index in [1.807, 2.05) is 6.92 Å². The minimum atomic E-state index is -0.839. The van der Waals surface area contributed by atoms with E-state index in [-0.39, 0.29) is 6.04 Å². The van der Waals surface area contributed by atoms with Gasteiger partial charge in [-0.2, -0.15) is 0 Å². The number of ether oxygens (including phenoxy) is 2. The van der Waals surface area contributed by atoms with Crippen LogP contribution in [0.25, 0.3) is 0 Å². The van der Waals surface area contributed by atoms with E-state index in [2.05, 4.69) is 5.32 Å². The highest BCUT2D eigenvalue weighted by molar-refractivity contribution is 5.20. The molecule has 1 atom stereocenters. The molecule has 0 aliphatic rings. The Kier molecular flexibility index (Phi) is 6.18. The van der Waals surface area contributed by atoms with Gasteiger partial charge >= 0.3 is 0 Å². The first kappa shape index (κ1) is 15.0. The normalized spacial score (nSPS) is 13.0. The van der Waals surface area contributed by atoms with Crippen molar-refractivity contribution in [2.75, 3.05) is 20.8 Å². The second kappa shape index (κ2) is 7.41. The molecular weight excluding hydrogens is 240 g/mol. The van der Waals surface area contributed by atoms with Gasteiger partial charge in [-0.3, -0.25) is 0 Å². The summed E-state index contributed by atoms with van der Waals surface area (Å²) in [6, 6.07) is 3.92. The monoisotopic (exact) mass is 259 g/mol. The molecule has 0 fully saturated rings. The quantitative estimate of drug-likeness (QED) is 0.761. The SMILES string of the molecule is CCNC(Cc1cccc(F)c1F)C(OC)OC. The summed E-state index contributed by atoms with van der Waals surface area (Å²) in [7, 11) is 3.03. The van der Waals surface area contributed by atoms with Crippen molar-refractivity contribution < 1.29 is 18.3 Å². The molecule has 1 unspecified atom stereocenters. The second-order valence-electron chi connectivity index (χ2n) is 3.92. The molecule has 0 saturated carbocycles. The lowest BCUT2D eigenvalue weighted by Gasteiger charge is -2.25. The summed E-state index contributed by atoms with van der Waals surface area (Å²) in [4.78, 5) is 0. The van der Waals surface area contributed by atoms with Crippen LogP contribution in [-0.4, -0.2) is 33.1 Å². The molecule has 0 amide bonds. The number of hydrogen-bond donors (Lipinski definition) is 1. The average Bonchev–Trinajstić information content (AvgIpc) is 2.36. The molecule has 1 N–H and O–H groups in total. The molecule has 102 valence electrons. The Morgan fingerprint density at radius 1 is 1.22 bits per heavy atom. The van der Waals surface area contributed by atoms with Crippen molar-refractivity contribution in [3.8, 4) is 0 Å². The Labute approximate surface area is 106 Å². The zero-order valence-electron chi connectivity index (χ0n) is 10.9. The Balaban J connectivity index is 2.85. The maximum atomic E-state index is 13.6. The van der Waals surface area contributed by atoms with Gasteiger partial charge in [0.15, 0.2) is 17.9 Å². The van der Waals surface area contributed by atoms with Crippen LogP contribution in [0.2, 0.25) is 0 Å². The summed E-state index contributed by atoms with van der Waals surface area (Å²) < 4.78 is 37.0. The first-order chi connectivity index (χ1) is 8.63. The number of hydrogen-bond acceptors (Lipinski definition) is 3. The molecule has 0 bridgehead atoms. The number of halogens is 2. The minimum Gasteiger partial charge on any atom is -0.354 e. The van der Waals surface area contributed by atoms with Gasteiger partial charge in [0.25, 0.3) is 0 Å². The van der Waals surface area contributed by atoms with Crippen LogP contribution < -0.4 is 5.32 Å². The molecule has 0 heterocycles. The van der Waals surface area contributed by atoms with Crippen LogP contribution in [0.15, 0.2) is 18.2 Å². The summed E-state index contributed by atoms with van der Waals surface area (Å²) in [5.74, 6) is -1.65. The van der Waals surface area contributed by atoms with Crippen LogP contribution in [0.4, 0.5) is 8.78 Å². The first-order valence-electron chi connectivity index (χ1n) is 5.85. The molecule has 1 aromatic carbocycles. The number of nitrogens with one attached hydrogen (secondary N) is 1. The maximum absolute atomic E-state index is 13.6. The summed E-state index contributed by atoms with van der Waals surface area (Å²) in [6.45, 7) is 2.61. The third kappa shape index (κ3) is 3.73. The van der Waals surface area contributed by atoms with E-state index in [1.54, 1.807) is 6.07 Å². The summed E-state index contributed by atoms with van der Waals surface area (Å²) in [6.07, 6.45) is -0.211. The molecular formula is C13H19F2NO2. The summed E-state index contributed by atoms with van der Waals surface area (Å²) in [5, 5.41) is 3.14. The Morgan fingerprint density at radius 3 is 2.44 bits per heavy atom. The van der Waals surface area contributed by atoms with Gasteiger partial charge in [0.1, 0.15) is 0 Å².